The number of methoxy groups -OCH3 is 1. The van der Waals surface area contributed by atoms with Crippen molar-refractivity contribution in [1.82, 2.24) is 10.2 Å². The number of ether oxygens (including phenoxy) is 1. The van der Waals surface area contributed by atoms with Crippen LogP contribution in [0.4, 0.5) is 0 Å². The van der Waals surface area contributed by atoms with E-state index in [2.05, 4.69) is 41.5 Å². The Bertz CT molecular complexity index is 364. The second-order valence-corrected chi connectivity index (χ2v) is 5.51. The highest BCUT2D eigenvalue weighted by Crippen LogP contribution is 2.14. The van der Waals surface area contributed by atoms with Gasteiger partial charge in [-0.15, -0.1) is 0 Å². The first-order valence-corrected chi connectivity index (χ1v) is 7.27. The summed E-state index contributed by atoms with van der Waals surface area (Å²) in [7, 11) is 3.97. The highest BCUT2D eigenvalue weighted by molar-refractivity contribution is 5.21. The Morgan fingerprint density at radius 1 is 1.21 bits per heavy atom. The van der Waals surface area contributed by atoms with E-state index in [1.54, 1.807) is 7.11 Å². The molecule has 19 heavy (non-hydrogen) atoms. The Balaban J connectivity index is 1.72. The lowest BCUT2D eigenvalue weighted by atomic mass is 10.0. The third-order valence-electron chi connectivity index (χ3n) is 3.96. The van der Waals surface area contributed by atoms with E-state index in [0.29, 0.717) is 12.6 Å². The molecule has 1 unspecified atom stereocenters. The van der Waals surface area contributed by atoms with Crippen LogP contribution in [0.1, 0.15) is 30.4 Å². The van der Waals surface area contributed by atoms with Gasteiger partial charge in [-0.1, -0.05) is 30.7 Å². The maximum absolute atomic E-state index is 5.12. The third kappa shape index (κ3) is 4.60. The van der Waals surface area contributed by atoms with E-state index in [0.717, 1.165) is 13.1 Å². The molecule has 1 heterocycles. The number of likely N-dealkylation sites (N-methyl/N-ethyl adjacent to an activating group) is 1. The fraction of sp³-hybridized carbons (Fsp3) is 0.625. The van der Waals surface area contributed by atoms with Crippen molar-refractivity contribution in [3.05, 3.63) is 35.4 Å². The minimum atomic E-state index is 0.695. The van der Waals surface area contributed by atoms with Crippen molar-refractivity contribution in [3.63, 3.8) is 0 Å². The van der Waals surface area contributed by atoms with Gasteiger partial charge in [0.1, 0.15) is 0 Å². The molecule has 1 atom stereocenters. The number of likely N-dealkylation sites (tertiary alicyclic amines) is 1. The van der Waals surface area contributed by atoms with Crippen molar-refractivity contribution in [3.8, 4) is 0 Å². The summed E-state index contributed by atoms with van der Waals surface area (Å²) in [6.07, 6.45) is 4.06. The smallest absolute Gasteiger partial charge is 0.0713 e. The van der Waals surface area contributed by atoms with E-state index in [-0.39, 0.29) is 0 Å². The number of benzene rings is 1. The molecule has 0 aliphatic carbocycles. The molecular weight excluding hydrogens is 236 g/mol. The molecule has 0 aromatic heterocycles. The number of piperidine rings is 1. The summed E-state index contributed by atoms with van der Waals surface area (Å²) in [5.74, 6) is 0. The Morgan fingerprint density at radius 2 is 1.95 bits per heavy atom. The number of nitrogens with one attached hydrogen (secondary N) is 1. The molecule has 1 fully saturated rings. The van der Waals surface area contributed by atoms with Crippen molar-refractivity contribution < 1.29 is 4.74 Å². The average molecular weight is 262 g/mol. The Hall–Kier alpha value is -0.900. The van der Waals surface area contributed by atoms with Gasteiger partial charge in [0.15, 0.2) is 0 Å². The van der Waals surface area contributed by atoms with Crippen LogP contribution in [0, 0.1) is 0 Å². The second-order valence-electron chi connectivity index (χ2n) is 5.51. The molecule has 1 aromatic rings. The monoisotopic (exact) mass is 262 g/mol. The van der Waals surface area contributed by atoms with E-state index < -0.39 is 0 Å². The molecule has 1 aliphatic rings. The molecule has 0 spiro atoms. The highest BCUT2D eigenvalue weighted by atomic mass is 16.5. The van der Waals surface area contributed by atoms with Crippen LogP contribution in [-0.2, 0) is 17.9 Å². The molecular formula is C16H26N2O. The maximum atomic E-state index is 5.12. The molecule has 0 amide bonds. The predicted octanol–water partition coefficient (Wildman–Crippen LogP) is 2.41. The van der Waals surface area contributed by atoms with Gasteiger partial charge in [-0.25, -0.2) is 0 Å². The fourth-order valence-corrected chi connectivity index (χ4v) is 2.71. The van der Waals surface area contributed by atoms with Crippen LogP contribution in [0.5, 0.6) is 0 Å². The number of hydrogen-bond donors (Lipinski definition) is 1. The lowest BCUT2D eigenvalue weighted by Gasteiger charge is -2.32. The molecule has 3 heteroatoms. The Labute approximate surface area is 116 Å². The second kappa shape index (κ2) is 7.63. The molecule has 1 aliphatic heterocycles. The van der Waals surface area contributed by atoms with Crippen LogP contribution in [0.2, 0.25) is 0 Å². The Morgan fingerprint density at radius 3 is 2.63 bits per heavy atom. The summed E-state index contributed by atoms with van der Waals surface area (Å²) in [6.45, 7) is 3.99. The van der Waals surface area contributed by atoms with Gasteiger partial charge in [-0.2, -0.15) is 0 Å². The van der Waals surface area contributed by atoms with Crippen molar-refractivity contribution in [2.24, 2.45) is 0 Å². The first-order valence-electron chi connectivity index (χ1n) is 7.27. The topological polar surface area (TPSA) is 24.5 Å². The van der Waals surface area contributed by atoms with Crippen molar-refractivity contribution >= 4 is 0 Å². The minimum absolute atomic E-state index is 0.695. The lowest BCUT2D eigenvalue weighted by Crippen LogP contribution is -2.42. The van der Waals surface area contributed by atoms with Gasteiger partial charge >= 0.3 is 0 Å². The summed E-state index contributed by atoms with van der Waals surface area (Å²) in [6, 6.07) is 9.37. The molecule has 106 valence electrons. The van der Waals surface area contributed by atoms with E-state index in [9.17, 15) is 0 Å². The maximum Gasteiger partial charge on any atom is 0.0713 e. The van der Waals surface area contributed by atoms with E-state index in [1.165, 1.54) is 36.9 Å². The summed E-state index contributed by atoms with van der Waals surface area (Å²) < 4.78 is 5.12. The number of hydrogen-bond acceptors (Lipinski definition) is 3. The van der Waals surface area contributed by atoms with E-state index >= 15 is 0 Å². The fourth-order valence-electron chi connectivity index (χ4n) is 2.71. The molecule has 0 bridgehead atoms. The van der Waals surface area contributed by atoms with Gasteiger partial charge in [0, 0.05) is 26.2 Å². The first-order chi connectivity index (χ1) is 9.29. The van der Waals surface area contributed by atoms with Crippen molar-refractivity contribution in [2.75, 3.05) is 27.2 Å². The molecule has 1 saturated heterocycles. The number of rotatable bonds is 6. The molecule has 3 nitrogen and oxygen atoms in total. The zero-order chi connectivity index (χ0) is 13.5. The van der Waals surface area contributed by atoms with Gasteiger partial charge in [0.05, 0.1) is 6.61 Å². The van der Waals surface area contributed by atoms with Crippen molar-refractivity contribution in [1.29, 1.82) is 0 Å². The standard InChI is InChI=1S/C16H26N2O/c1-18-10-4-3-5-16(18)12-17-11-14-6-8-15(9-7-14)13-19-2/h6-9,16-17H,3-5,10-13H2,1-2H3. The molecule has 0 radical (unpaired) electrons. The molecule has 2 rings (SSSR count). The van der Waals surface area contributed by atoms with Crippen LogP contribution in [-0.4, -0.2) is 38.2 Å². The quantitative estimate of drug-likeness (QED) is 0.852. The summed E-state index contributed by atoms with van der Waals surface area (Å²) in [5.41, 5.74) is 2.58. The van der Waals surface area contributed by atoms with Crippen LogP contribution in [0.3, 0.4) is 0 Å². The third-order valence-corrected chi connectivity index (χ3v) is 3.96. The van der Waals surface area contributed by atoms with Gasteiger partial charge in [-0.3, -0.25) is 0 Å². The van der Waals surface area contributed by atoms with Crippen LogP contribution >= 0.6 is 0 Å². The van der Waals surface area contributed by atoms with Crippen LogP contribution in [0.25, 0.3) is 0 Å². The molecule has 1 N–H and O–H groups in total. The predicted molar refractivity (Wildman–Crippen MR) is 79.1 cm³/mol. The normalized spacial score (nSPS) is 20.6. The first kappa shape index (κ1) is 14.5. The van der Waals surface area contributed by atoms with E-state index in [4.69, 9.17) is 4.74 Å². The van der Waals surface area contributed by atoms with Gasteiger partial charge in [-0.05, 0) is 37.6 Å². The zero-order valence-corrected chi connectivity index (χ0v) is 12.2. The SMILES string of the molecule is COCc1ccc(CNCC2CCCCN2C)cc1. The van der Waals surface area contributed by atoms with Crippen LogP contribution < -0.4 is 5.32 Å². The van der Waals surface area contributed by atoms with Crippen molar-refractivity contribution in [2.45, 2.75) is 38.5 Å². The summed E-state index contributed by atoms with van der Waals surface area (Å²) in [5, 5.41) is 3.58. The lowest BCUT2D eigenvalue weighted by molar-refractivity contribution is 0.181. The largest absolute Gasteiger partial charge is 0.380 e. The molecule has 0 saturated carbocycles. The summed E-state index contributed by atoms with van der Waals surface area (Å²) >= 11 is 0. The van der Waals surface area contributed by atoms with Gasteiger partial charge in [0.2, 0.25) is 0 Å². The van der Waals surface area contributed by atoms with Crippen LogP contribution in [0.15, 0.2) is 24.3 Å². The average Bonchev–Trinajstić information content (AvgIpc) is 2.43. The zero-order valence-electron chi connectivity index (χ0n) is 12.2. The minimum Gasteiger partial charge on any atom is -0.380 e. The Kier molecular flexibility index (Phi) is 5.83. The van der Waals surface area contributed by atoms with E-state index in [1.807, 2.05) is 0 Å². The van der Waals surface area contributed by atoms with Gasteiger partial charge < -0.3 is 15.0 Å². The van der Waals surface area contributed by atoms with Gasteiger partial charge in [0.25, 0.3) is 0 Å². The molecule has 1 aromatic carbocycles. The number of nitrogens with zero attached hydrogens (tertiary/aromatic N) is 1. The highest BCUT2D eigenvalue weighted by Gasteiger charge is 2.17. The summed E-state index contributed by atoms with van der Waals surface area (Å²) in [4.78, 5) is 2.48.